The molecule has 4 heteroatoms. The number of aryl methyl sites for hydroxylation is 1. The molecule has 0 saturated heterocycles. The Balaban J connectivity index is 2.24. The zero-order chi connectivity index (χ0) is 11.5. The fourth-order valence-corrected chi connectivity index (χ4v) is 2.59. The van der Waals surface area contributed by atoms with Crippen molar-refractivity contribution in [2.45, 2.75) is 19.4 Å². The molecule has 0 aliphatic heterocycles. The summed E-state index contributed by atoms with van der Waals surface area (Å²) >= 11 is 1.72. The van der Waals surface area contributed by atoms with Crippen molar-refractivity contribution in [3.05, 3.63) is 45.8 Å². The van der Waals surface area contributed by atoms with Gasteiger partial charge in [-0.1, -0.05) is 6.07 Å². The number of nitrogens with zero attached hydrogens (tertiary/aromatic N) is 1. The minimum absolute atomic E-state index is 0.0765. The highest BCUT2D eigenvalue weighted by atomic mass is 32.1. The molecule has 0 radical (unpaired) electrons. The summed E-state index contributed by atoms with van der Waals surface area (Å²) < 4.78 is 0. The number of pyridine rings is 1. The molecule has 0 saturated carbocycles. The summed E-state index contributed by atoms with van der Waals surface area (Å²) in [5.41, 5.74) is 14.1. The number of anilines is 1. The molecule has 16 heavy (non-hydrogen) atoms. The molecule has 1 atom stereocenters. The van der Waals surface area contributed by atoms with Crippen LogP contribution < -0.4 is 11.5 Å². The second-order valence-corrected chi connectivity index (χ2v) is 4.85. The number of nitrogens with two attached hydrogens (primary N) is 2. The SMILES string of the molecule is Cc1ccnc(N)c1C(N)Cc1cccs1. The Hall–Kier alpha value is -1.39. The van der Waals surface area contributed by atoms with Crippen LogP contribution in [-0.2, 0) is 6.42 Å². The van der Waals surface area contributed by atoms with E-state index in [0.717, 1.165) is 17.5 Å². The Morgan fingerprint density at radius 3 is 2.88 bits per heavy atom. The highest BCUT2D eigenvalue weighted by molar-refractivity contribution is 7.09. The second kappa shape index (κ2) is 4.63. The number of rotatable bonds is 3. The van der Waals surface area contributed by atoms with Gasteiger partial charge in [-0.2, -0.15) is 0 Å². The number of hydrogen-bond acceptors (Lipinski definition) is 4. The van der Waals surface area contributed by atoms with Gasteiger partial charge in [0, 0.05) is 29.1 Å². The lowest BCUT2D eigenvalue weighted by Gasteiger charge is -2.15. The van der Waals surface area contributed by atoms with Gasteiger partial charge in [0.1, 0.15) is 5.82 Å². The van der Waals surface area contributed by atoms with Gasteiger partial charge in [-0.15, -0.1) is 11.3 Å². The second-order valence-electron chi connectivity index (χ2n) is 3.82. The first kappa shape index (κ1) is 11.1. The van der Waals surface area contributed by atoms with Crippen LogP contribution in [0.2, 0.25) is 0 Å². The molecule has 3 nitrogen and oxygen atoms in total. The molecule has 0 aromatic carbocycles. The third-order valence-electron chi connectivity index (χ3n) is 2.61. The van der Waals surface area contributed by atoms with Gasteiger partial charge in [0.05, 0.1) is 0 Å². The van der Waals surface area contributed by atoms with E-state index >= 15 is 0 Å². The maximum atomic E-state index is 6.17. The molecule has 2 rings (SSSR count). The molecular weight excluding hydrogens is 218 g/mol. The minimum atomic E-state index is -0.0765. The van der Waals surface area contributed by atoms with E-state index in [1.807, 2.05) is 19.1 Å². The lowest BCUT2D eigenvalue weighted by atomic mass is 10.00. The normalized spacial score (nSPS) is 12.6. The number of aromatic nitrogens is 1. The van der Waals surface area contributed by atoms with Crippen LogP contribution in [0.1, 0.15) is 22.0 Å². The van der Waals surface area contributed by atoms with Gasteiger partial charge in [-0.25, -0.2) is 4.98 Å². The summed E-state index contributed by atoms with van der Waals surface area (Å²) in [5, 5.41) is 2.06. The summed E-state index contributed by atoms with van der Waals surface area (Å²) in [7, 11) is 0. The van der Waals surface area contributed by atoms with Crippen LogP contribution in [0, 0.1) is 6.92 Å². The minimum Gasteiger partial charge on any atom is -0.383 e. The zero-order valence-electron chi connectivity index (χ0n) is 9.18. The topological polar surface area (TPSA) is 64.9 Å². The third kappa shape index (κ3) is 2.23. The summed E-state index contributed by atoms with van der Waals surface area (Å²) in [6, 6.07) is 5.99. The van der Waals surface area contributed by atoms with E-state index in [4.69, 9.17) is 11.5 Å². The Bertz CT molecular complexity index is 445. The van der Waals surface area contributed by atoms with Crippen LogP contribution in [0.4, 0.5) is 5.82 Å². The van der Waals surface area contributed by atoms with Gasteiger partial charge < -0.3 is 11.5 Å². The molecular formula is C12H15N3S. The molecule has 0 aliphatic rings. The Labute approximate surface area is 99.1 Å². The summed E-state index contributed by atoms with van der Waals surface area (Å²) in [5.74, 6) is 0.545. The quantitative estimate of drug-likeness (QED) is 0.854. The van der Waals surface area contributed by atoms with Crippen molar-refractivity contribution in [1.82, 2.24) is 4.98 Å². The van der Waals surface area contributed by atoms with Crippen molar-refractivity contribution < 1.29 is 0 Å². The Morgan fingerprint density at radius 2 is 2.25 bits per heavy atom. The number of hydrogen-bond donors (Lipinski definition) is 2. The molecule has 2 aromatic rings. The standard InChI is InChI=1S/C12H15N3S/c1-8-4-5-15-12(14)11(8)10(13)7-9-3-2-6-16-9/h2-6,10H,7,13H2,1H3,(H2,14,15). The van der Waals surface area contributed by atoms with E-state index in [-0.39, 0.29) is 6.04 Å². The zero-order valence-corrected chi connectivity index (χ0v) is 10.00. The van der Waals surface area contributed by atoms with Crippen LogP contribution in [0.3, 0.4) is 0 Å². The van der Waals surface area contributed by atoms with E-state index in [1.165, 1.54) is 4.88 Å². The molecule has 84 valence electrons. The average Bonchev–Trinajstić information content (AvgIpc) is 2.70. The largest absolute Gasteiger partial charge is 0.383 e. The smallest absolute Gasteiger partial charge is 0.128 e. The Kier molecular flexibility index (Phi) is 3.22. The van der Waals surface area contributed by atoms with Crippen LogP contribution in [0.15, 0.2) is 29.8 Å². The molecule has 0 fully saturated rings. The average molecular weight is 233 g/mol. The molecule has 0 aliphatic carbocycles. The maximum absolute atomic E-state index is 6.17. The number of nitrogen functional groups attached to an aromatic ring is 1. The van der Waals surface area contributed by atoms with Gasteiger partial charge in [0.2, 0.25) is 0 Å². The Morgan fingerprint density at radius 1 is 1.44 bits per heavy atom. The van der Waals surface area contributed by atoms with Crippen LogP contribution in [0.25, 0.3) is 0 Å². The highest BCUT2D eigenvalue weighted by Gasteiger charge is 2.14. The van der Waals surface area contributed by atoms with Crippen molar-refractivity contribution in [3.8, 4) is 0 Å². The monoisotopic (exact) mass is 233 g/mol. The van der Waals surface area contributed by atoms with E-state index in [9.17, 15) is 0 Å². The van der Waals surface area contributed by atoms with E-state index in [2.05, 4.69) is 16.4 Å². The molecule has 2 aromatic heterocycles. The first-order valence-electron chi connectivity index (χ1n) is 5.17. The molecule has 0 spiro atoms. The lowest BCUT2D eigenvalue weighted by Crippen LogP contribution is -2.16. The highest BCUT2D eigenvalue weighted by Crippen LogP contribution is 2.25. The van der Waals surface area contributed by atoms with Crippen molar-refractivity contribution >= 4 is 17.2 Å². The predicted octanol–water partition coefficient (Wildman–Crippen LogP) is 2.28. The van der Waals surface area contributed by atoms with Crippen LogP contribution in [0.5, 0.6) is 0 Å². The molecule has 2 heterocycles. The first-order chi connectivity index (χ1) is 7.68. The summed E-state index contributed by atoms with van der Waals surface area (Å²) in [6.45, 7) is 2.02. The van der Waals surface area contributed by atoms with Gasteiger partial charge in [-0.05, 0) is 30.0 Å². The van der Waals surface area contributed by atoms with Crippen molar-refractivity contribution in [3.63, 3.8) is 0 Å². The summed E-state index contributed by atoms with van der Waals surface area (Å²) in [6.07, 6.45) is 2.53. The van der Waals surface area contributed by atoms with Crippen LogP contribution >= 0.6 is 11.3 Å². The predicted molar refractivity (Wildman–Crippen MR) is 68.3 cm³/mol. The van der Waals surface area contributed by atoms with Gasteiger partial charge >= 0.3 is 0 Å². The molecule has 1 unspecified atom stereocenters. The van der Waals surface area contributed by atoms with E-state index < -0.39 is 0 Å². The fraction of sp³-hybridized carbons (Fsp3) is 0.250. The van der Waals surface area contributed by atoms with E-state index in [1.54, 1.807) is 17.5 Å². The fourth-order valence-electron chi connectivity index (χ4n) is 1.82. The third-order valence-corrected chi connectivity index (χ3v) is 3.51. The maximum Gasteiger partial charge on any atom is 0.128 e. The van der Waals surface area contributed by atoms with Crippen molar-refractivity contribution in [2.24, 2.45) is 5.73 Å². The van der Waals surface area contributed by atoms with E-state index in [0.29, 0.717) is 5.82 Å². The van der Waals surface area contributed by atoms with Crippen molar-refractivity contribution in [1.29, 1.82) is 0 Å². The number of thiophene rings is 1. The van der Waals surface area contributed by atoms with Crippen molar-refractivity contribution in [2.75, 3.05) is 5.73 Å². The van der Waals surface area contributed by atoms with Gasteiger partial charge in [0.25, 0.3) is 0 Å². The molecule has 0 amide bonds. The molecule has 0 bridgehead atoms. The molecule has 4 N–H and O–H groups in total. The lowest BCUT2D eigenvalue weighted by molar-refractivity contribution is 0.723. The van der Waals surface area contributed by atoms with Crippen LogP contribution in [-0.4, -0.2) is 4.98 Å². The van der Waals surface area contributed by atoms with Gasteiger partial charge in [-0.3, -0.25) is 0 Å². The van der Waals surface area contributed by atoms with Gasteiger partial charge in [0.15, 0.2) is 0 Å². The summed E-state index contributed by atoms with van der Waals surface area (Å²) in [4.78, 5) is 5.36. The first-order valence-corrected chi connectivity index (χ1v) is 6.05.